The lowest BCUT2D eigenvalue weighted by Gasteiger charge is -2.28. The molecule has 1 aliphatic heterocycles. The summed E-state index contributed by atoms with van der Waals surface area (Å²) >= 11 is 0. The molecule has 7 heteroatoms. The molecule has 1 fully saturated rings. The monoisotopic (exact) mass is 339 g/mol. The van der Waals surface area contributed by atoms with Gasteiger partial charge in [0.05, 0.1) is 7.11 Å². The number of rotatable bonds is 3. The normalized spacial score (nSPS) is 15.0. The van der Waals surface area contributed by atoms with Crippen LogP contribution >= 0.6 is 0 Å². The summed E-state index contributed by atoms with van der Waals surface area (Å²) in [6, 6.07) is 8.63. The summed E-state index contributed by atoms with van der Waals surface area (Å²) < 4.78 is 7.00. The zero-order chi connectivity index (χ0) is 18.1. The number of hydrogen-bond donors (Lipinski definition) is 0. The summed E-state index contributed by atoms with van der Waals surface area (Å²) in [7, 11) is 4.31. The van der Waals surface area contributed by atoms with Crippen LogP contribution in [0.5, 0.6) is 5.75 Å². The Morgan fingerprint density at radius 1 is 0.920 bits per heavy atom. The molecule has 1 aliphatic rings. The SMILES string of the molecule is COc1ccc(-n2ccc(C=C3C(=O)N(C)C(=O)N(C)C3=O)c2)cc1. The molecule has 1 aromatic heterocycles. The quantitative estimate of drug-likeness (QED) is 0.633. The Kier molecular flexibility index (Phi) is 4.14. The maximum Gasteiger partial charge on any atom is 0.333 e. The van der Waals surface area contributed by atoms with E-state index in [1.807, 2.05) is 35.0 Å². The average Bonchev–Trinajstić information content (AvgIpc) is 3.10. The number of amides is 4. The van der Waals surface area contributed by atoms with E-state index in [1.54, 1.807) is 19.4 Å². The van der Waals surface area contributed by atoms with Gasteiger partial charge >= 0.3 is 6.03 Å². The summed E-state index contributed by atoms with van der Waals surface area (Å²) in [5.41, 5.74) is 1.55. The van der Waals surface area contributed by atoms with Crippen LogP contribution < -0.4 is 4.74 Å². The lowest BCUT2D eigenvalue weighted by molar-refractivity contribution is -0.134. The van der Waals surface area contributed by atoms with Crippen LogP contribution in [-0.2, 0) is 9.59 Å². The molecule has 0 unspecified atom stereocenters. The van der Waals surface area contributed by atoms with Gasteiger partial charge in [0.1, 0.15) is 11.3 Å². The van der Waals surface area contributed by atoms with E-state index in [1.165, 1.54) is 20.2 Å². The summed E-state index contributed by atoms with van der Waals surface area (Å²) in [6.07, 6.45) is 5.11. The molecule has 0 N–H and O–H groups in total. The van der Waals surface area contributed by atoms with Gasteiger partial charge in [0.2, 0.25) is 0 Å². The van der Waals surface area contributed by atoms with Gasteiger partial charge in [0, 0.05) is 32.2 Å². The molecule has 0 radical (unpaired) electrons. The lowest BCUT2D eigenvalue weighted by Crippen LogP contribution is -2.52. The molecule has 0 saturated carbocycles. The molecule has 2 heterocycles. The first-order chi connectivity index (χ1) is 11.9. The third kappa shape index (κ3) is 2.91. The van der Waals surface area contributed by atoms with Crippen molar-refractivity contribution < 1.29 is 19.1 Å². The Labute approximate surface area is 144 Å². The van der Waals surface area contributed by atoms with Crippen LogP contribution in [0.2, 0.25) is 0 Å². The van der Waals surface area contributed by atoms with Gasteiger partial charge in [0.25, 0.3) is 11.8 Å². The van der Waals surface area contributed by atoms with Crippen molar-refractivity contribution in [2.75, 3.05) is 21.2 Å². The summed E-state index contributed by atoms with van der Waals surface area (Å²) in [4.78, 5) is 38.0. The van der Waals surface area contributed by atoms with E-state index in [0.29, 0.717) is 5.56 Å². The van der Waals surface area contributed by atoms with Gasteiger partial charge in [-0.3, -0.25) is 19.4 Å². The van der Waals surface area contributed by atoms with E-state index in [4.69, 9.17) is 4.74 Å². The average molecular weight is 339 g/mol. The number of hydrogen-bond acceptors (Lipinski definition) is 4. The van der Waals surface area contributed by atoms with Crippen LogP contribution in [0, 0.1) is 0 Å². The second-order valence-electron chi connectivity index (χ2n) is 5.62. The Balaban J connectivity index is 1.91. The standard InChI is InChI=1S/C18H17N3O4/c1-19-16(22)15(17(23)20(2)18(19)24)10-12-8-9-21(11-12)13-4-6-14(25-3)7-5-13/h4-11H,1-3H3. The fourth-order valence-corrected chi connectivity index (χ4v) is 2.56. The van der Waals surface area contributed by atoms with Crippen LogP contribution in [0.1, 0.15) is 5.56 Å². The molecule has 4 amide bonds. The first kappa shape index (κ1) is 16.5. The Bertz CT molecular complexity index is 854. The topological polar surface area (TPSA) is 71.8 Å². The number of likely N-dealkylation sites (N-methyl/N-ethyl adjacent to an activating group) is 2. The highest BCUT2D eigenvalue weighted by Gasteiger charge is 2.37. The summed E-state index contributed by atoms with van der Waals surface area (Å²) in [5, 5.41) is 0. The van der Waals surface area contributed by atoms with E-state index in [-0.39, 0.29) is 5.57 Å². The van der Waals surface area contributed by atoms with Gasteiger partial charge < -0.3 is 9.30 Å². The van der Waals surface area contributed by atoms with Crippen LogP contribution in [0.15, 0.2) is 48.3 Å². The first-order valence-electron chi connectivity index (χ1n) is 7.56. The second kappa shape index (κ2) is 6.27. The van der Waals surface area contributed by atoms with Crippen LogP contribution in [0.25, 0.3) is 11.8 Å². The first-order valence-corrected chi connectivity index (χ1v) is 7.56. The number of benzene rings is 1. The zero-order valence-corrected chi connectivity index (χ0v) is 14.1. The van der Waals surface area contributed by atoms with Gasteiger partial charge in [-0.15, -0.1) is 0 Å². The number of carbonyl (C=O) groups excluding carboxylic acids is 3. The zero-order valence-electron chi connectivity index (χ0n) is 14.1. The summed E-state index contributed by atoms with van der Waals surface area (Å²) in [6.45, 7) is 0. The Morgan fingerprint density at radius 3 is 2.08 bits per heavy atom. The minimum Gasteiger partial charge on any atom is -0.497 e. The smallest absolute Gasteiger partial charge is 0.333 e. The number of aromatic nitrogens is 1. The van der Waals surface area contributed by atoms with Crippen molar-refractivity contribution in [1.82, 2.24) is 14.4 Å². The molecule has 25 heavy (non-hydrogen) atoms. The molecule has 1 aromatic carbocycles. The van der Waals surface area contributed by atoms with Gasteiger partial charge in [-0.2, -0.15) is 0 Å². The highest BCUT2D eigenvalue weighted by molar-refractivity contribution is 6.30. The van der Waals surface area contributed by atoms with Crippen molar-refractivity contribution in [3.63, 3.8) is 0 Å². The lowest BCUT2D eigenvalue weighted by atomic mass is 10.1. The minimum atomic E-state index is -0.636. The van der Waals surface area contributed by atoms with E-state index < -0.39 is 17.8 Å². The molecule has 2 aromatic rings. The highest BCUT2D eigenvalue weighted by atomic mass is 16.5. The van der Waals surface area contributed by atoms with Crippen molar-refractivity contribution in [3.8, 4) is 11.4 Å². The van der Waals surface area contributed by atoms with Crippen molar-refractivity contribution in [3.05, 3.63) is 53.9 Å². The third-order valence-corrected chi connectivity index (χ3v) is 4.04. The number of ether oxygens (including phenoxy) is 1. The van der Waals surface area contributed by atoms with E-state index >= 15 is 0 Å². The van der Waals surface area contributed by atoms with Gasteiger partial charge in [-0.25, -0.2) is 4.79 Å². The van der Waals surface area contributed by atoms with Crippen molar-refractivity contribution in [1.29, 1.82) is 0 Å². The fraction of sp³-hybridized carbons (Fsp3) is 0.167. The maximum atomic E-state index is 12.2. The van der Waals surface area contributed by atoms with Crippen LogP contribution in [0.3, 0.4) is 0 Å². The van der Waals surface area contributed by atoms with Crippen molar-refractivity contribution >= 4 is 23.9 Å². The minimum absolute atomic E-state index is 0.0444. The van der Waals surface area contributed by atoms with E-state index in [2.05, 4.69) is 0 Å². The third-order valence-electron chi connectivity index (χ3n) is 4.04. The van der Waals surface area contributed by atoms with E-state index in [9.17, 15) is 14.4 Å². The molecule has 0 atom stereocenters. The van der Waals surface area contributed by atoms with Crippen molar-refractivity contribution in [2.45, 2.75) is 0 Å². The molecule has 0 aliphatic carbocycles. The van der Waals surface area contributed by atoms with Gasteiger partial charge in [0.15, 0.2) is 0 Å². The molecule has 0 bridgehead atoms. The van der Waals surface area contributed by atoms with Gasteiger partial charge in [-0.05, 0) is 42.0 Å². The fourth-order valence-electron chi connectivity index (χ4n) is 2.56. The second-order valence-corrected chi connectivity index (χ2v) is 5.62. The predicted octanol–water partition coefficient (Wildman–Crippen LogP) is 1.92. The van der Waals surface area contributed by atoms with Crippen molar-refractivity contribution in [2.24, 2.45) is 0 Å². The molecule has 3 rings (SSSR count). The Morgan fingerprint density at radius 2 is 1.52 bits per heavy atom. The molecule has 7 nitrogen and oxygen atoms in total. The van der Waals surface area contributed by atoms with Crippen LogP contribution in [0.4, 0.5) is 4.79 Å². The Hall–Kier alpha value is -3.35. The molecule has 1 saturated heterocycles. The highest BCUT2D eigenvalue weighted by Crippen LogP contribution is 2.20. The number of nitrogens with zero attached hydrogens (tertiary/aromatic N) is 3. The number of urea groups is 1. The van der Waals surface area contributed by atoms with Crippen LogP contribution in [-0.4, -0.2) is 53.4 Å². The maximum absolute atomic E-state index is 12.2. The van der Waals surface area contributed by atoms with E-state index in [0.717, 1.165) is 21.2 Å². The summed E-state index contributed by atoms with van der Waals surface area (Å²) in [5.74, 6) is -0.456. The molecule has 0 spiro atoms. The van der Waals surface area contributed by atoms with Gasteiger partial charge in [-0.1, -0.05) is 0 Å². The molecule has 128 valence electrons. The predicted molar refractivity (Wildman–Crippen MR) is 91.2 cm³/mol. The number of carbonyl (C=O) groups is 3. The number of imide groups is 2. The number of barbiturate groups is 1. The molecular weight excluding hydrogens is 322 g/mol. The molecular formula is C18H17N3O4. The largest absolute Gasteiger partial charge is 0.497 e. The number of methoxy groups -OCH3 is 1.